The Balaban J connectivity index is 1.85. The third-order valence-corrected chi connectivity index (χ3v) is 5.33. The molecule has 0 aliphatic carbocycles. The highest BCUT2D eigenvalue weighted by Crippen LogP contribution is 2.22. The van der Waals surface area contributed by atoms with Gasteiger partial charge in [-0.2, -0.15) is 4.98 Å². The number of rotatable bonds is 6. The van der Waals surface area contributed by atoms with Crippen molar-refractivity contribution in [3.63, 3.8) is 0 Å². The maximum absolute atomic E-state index is 13.4. The molecule has 0 N–H and O–H groups in total. The Morgan fingerprint density at radius 3 is 2.32 bits per heavy atom. The molecule has 0 aliphatic rings. The first kappa shape index (κ1) is 20.7. The van der Waals surface area contributed by atoms with Crippen molar-refractivity contribution in [1.29, 1.82) is 0 Å². The quantitative estimate of drug-likeness (QED) is 0.440. The SMILES string of the molecule is COc1ccc(CCn2c(C(C)C)nc3oc4cc(OC)ccc4c(=O)c3c2=O)cc1. The van der Waals surface area contributed by atoms with Crippen molar-refractivity contribution < 1.29 is 13.9 Å². The number of nitrogens with zero attached hydrogens (tertiary/aromatic N) is 2. The summed E-state index contributed by atoms with van der Waals surface area (Å²) >= 11 is 0. The van der Waals surface area contributed by atoms with Crippen LogP contribution in [0.5, 0.6) is 11.5 Å². The van der Waals surface area contributed by atoms with E-state index < -0.39 is 0 Å². The summed E-state index contributed by atoms with van der Waals surface area (Å²) in [5, 5.41) is 0.294. The van der Waals surface area contributed by atoms with Crippen LogP contribution in [0.2, 0.25) is 0 Å². The van der Waals surface area contributed by atoms with Crippen LogP contribution in [0.15, 0.2) is 56.5 Å². The second kappa shape index (κ2) is 8.26. The van der Waals surface area contributed by atoms with Crippen molar-refractivity contribution in [3.8, 4) is 11.5 Å². The Labute approximate surface area is 178 Å². The van der Waals surface area contributed by atoms with Crippen LogP contribution in [-0.4, -0.2) is 23.8 Å². The second-order valence-corrected chi connectivity index (χ2v) is 7.65. The molecular weight excluding hydrogens is 396 g/mol. The highest BCUT2D eigenvalue weighted by Gasteiger charge is 2.19. The summed E-state index contributed by atoms with van der Waals surface area (Å²) in [5.41, 5.74) is 0.688. The first-order chi connectivity index (χ1) is 14.9. The van der Waals surface area contributed by atoms with Gasteiger partial charge in [-0.05, 0) is 36.2 Å². The zero-order chi connectivity index (χ0) is 22.1. The van der Waals surface area contributed by atoms with Crippen LogP contribution in [0.1, 0.15) is 31.2 Å². The minimum Gasteiger partial charge on any atom is -0.497 e. The first-order valence-corrected chi connectivity index (χ1v) is 10.1. The Kier molecular flexibility index (Phi) is 5.50. The standard InChI is InChI=1S/C24H24N2O5/c1-14(2)22-25-23-20(21(27)18-10-9-17(30-4)13-19(18)31-23)24(28)26(22)12-11-15-5-7-16(29-3)8-6-15/h5-10,13-14H,11-12H2,1-4H3. The van der Waals surface area contributed by atoms with Crippen LogP contribution in [0.4, 0.5) is 0 Å². The number of benzene rings is 2. The maximum atomic E-state index is 13.4. The lowest BCUT2D eigenvalue weighted by atomic mass is 10.1. The summed E-state index contributed by atoms with van der Waals surface area (Å²) in [6.07, 6.45) is 0.618. The molecule has 0 atom stereocenters. The van der Waals surface area contributed by atoms with Gasteiger partial charge in [-0.3, -0.25) is 14.2 Å². The number of aryl methyl sites for hydroxylation is 1. The molecule has 4 aromatic rings. The van der Waals surface area contributed by atoms with E-state index in [2.05, 4.69) is 4.98 Å². The lowest BCUT2D eigenvalue weighted by Crippen LogP contribution is -2.30. The van der Waals surface area contributed by atoms with Gasteiger partial charge in [0.05, 0.1) is 19.6 Å². The lowest BCUT2D eigenvalue weighted by Gasteiger charge is -2.15. The molecule has 4 rings (SSSR count). The summed E-state index contributed by atoms with van der Waals surface area (Å²) in [6.45, 7) is 4.32. The predicted molar refractivity (Wildman–Crippen MR) is 119 cm³/mol. The summed E-state index contributed by atoms with van der Waals surface area (Å²) in [4.78, 5) is 31.1. The third kappa shape index (κ3) is 3.79. The molecule has 0 fully saturated rings. The van der Waals surface area contributed by atoms with Crippen LogP contribution >= 0.6 is 0 Å². The van der Waals surface area contributed by atoms with Gasteiger partial charge in [0.2, 0.25) is 11.1 Å². The highest BCUT2D eigenvalue weighted by atomic mass is 16.5. The minimum atomic E-state index is -0.384. The molecule has 0 unspecified atom stereocenters. The molecular formula is C24H24N2O5. The highest BCUT2D eigenvalue weighted by molar-refractivity contribution is 5.88. The molecule has 2 heterocycles. The van der Waals surface area contributed by atoms with Crippen molar-refractivity contribution in [1.82, 2.24) is 9.55 Å². The molecule has 7 nitrogen and oxygen atoms in total. The van der Waals surface area contributed by atoms with Gasteiger partial charge in [-0.25, -0.2) is 0 Å². The topological polar surface area (TPSA) is 83.6 Å². The van der Waals surface area contributed by atoms with Gasteiger partial charge in [-0.15, -0.1) is 0 Å². The van der Waals surface area contributed by atoms with E-state index in [4.69, 9.17) is 13.9 Å². The van der Waals surface area contributed by atoms with Gasteiger partial charge in [-0.1, -0.05) is 26.0 Å². The summed E-state index contributed by atoms with van der Waals surface area (Å²) < 4.78 is 17.9. The van der Waals surface area contributed by atoms with Crippen molar-refractivity contribution in [3.05, 3.63) is 74.4 Å². The number of hydrogen-bond donors (Lipinski definition) is 0. The minimum absolute atomic E-state index is 0.0284. The fraction of sp³-hybridized carbons (Fsp3) is 0.292. The van der Waals surface area contributed by atoms with Gasteiger partial charge < -0.3 is 13.9 Å². The largest absolute Gasteiger partial charge is 0.497 e. The van der Waals surface area contributed by atoms with Crippen molar-refractivity contribution in [2.45, 2.75) is 32.7 Å². The van der Waals surface area contributed by atoms with E-state index in [0.717, 1.165) is 11.3 Å². The van der Waals surface area contributed by atoms with Crippen LogP contribution in [0.25, 0.3) is 22.1 Å². The fourth-order valence-corrected chi connectivity index (χ4v) is 3.65. The molecule has 0 aliphatic heterocycles. The molecule has 2 aromatic carbocycles. The Hall–Kier alpha value is -3.61. The van der Waals surface area contributed by atoms with Crippen molar-refractivity contribution in [2.24, 2.45) is 0 Å². The molecule has 7 heteroatoms. The Morgan fingerprint density at radius 1 is 1.00 bits per heavy atom. The zero-order valence-electron chi connectivity index (χ0n) is 18.0. The number of fused-ring (bicyclic) bond motifs is 2. The summed E-state index contributed by atoms with van der Waals surface area (Å²) in [5.74, 6) is 1.89. The predicted octanol–water partition coefficient (Wildman–Crippen LogP) is 3.89. The molecule has 0 spiro atoms. The lowest BCUT2D eigenvalue weighted by molar-refractivity contribution is 0.414. The van der Waals surface area contributed by atoms with Gasteiger partial charge in [0.1, 0.15) is 22.9 Å². The molecule has 0 amide bonds. The number of aromatic nitrogens is 2. The number of methoxy groups -OCH3 is 2. The van der Waals surface area contributed by atoms with E-state index in [1.807, 2.05) is 38.1 Å². The molecule has 0 saturated carbocycles. The number of ether oxygens (including phenoxy) is 2. The second-order valence-electron chi connectivity index (χ2n) is 7.65. The van der Waals surface area contributed by atoms with Crippen LogP contribution in [0, 0.1) is 0 Å². The normalized spacial score (nSPS) is 11.4. The van der Waals surface area contributed by atoms with E-state index in [1.165, 1.54) is 7.11 Å². The van der Waals surface area contributed by atoms with Gasteiger partial charge in [0, 0.05) is 18.5 Å². The first-order valence-electron chi connectivity index (χ1n) is 10.1. The smallest absolute Gasteiger partial charge is 0.268 e. The Bertz CT molecular complexity index is 1370. The average molecular weight is 420 g/mol. The van der Waals surface area contributed by atoms with E-state index in [-0.39, 0.29) is 28.0 Å². The summed E-state index contributed by atoms with van der Waals surface area (Å²) in [6, 6.07) is 12.6. The zero-order valence-corrected chi connectivity index (χ0v) is 18.0. The molecule has 160 valence electrons. The fourth-order valence-electron chi connectivity index (χ4n) is 3.65. The monoisotopic (exact) mass is 420 g/mol. The average Bonchev–Trinajstić information content (AvgIpc) is 2.78. The molecule has 0 radical (unpaired) electrons. The molecule has 31 heavy (non-hydrogen) atoms. The van der Waals surface area contributed by atoms with Crippen LogP contribution < -0.4 is 20.5 Å². The van der Waals surface area contributed by atoms with Gasteiger partial charge in [0.25, 0.3) is 5.56 Å². The summed E-state index contributed by atoms with van der Waals surface area (Å²) in [7, 11) is 3.16. The maximum Gasteiger partial charge on any atom is 0.268 e. The number of hydrogen-bond acceptors (Lipinski definition) is 6. The van der Waals surface area contributed by atoms with Gasteiger partial charge >= 0.3 is 0 Å². The van der Waals surface area contributed by atoms with E-state index in [9.17, 15) is 9.59 Å². The molecule has 0 bridgehead atoms. The van der Waals surface area contributed by atoms with Crippen molar-refractivity contribution in [2.75, 3.05) is 14.2 Å². The van der Waals surface area contributed by atoms with E-state index >= 15 is 0 Å². The van der Waals surface area contributed by atoms with Crippen LogP contribution in [-0.2, 0) is 13.0 Å². The van der Waals surface area contributed by atoms with Crippen molar-refractivity contribution >= 4 is 22.1 Å². The van der Waals surface area contributed by atoms with Crippen LogP contribution in [0.3, 0.4) is 0 Å². The van der Waals surface area contributed by atoms with E-state index in [1.54, 1.807) is 29.9 Å². The molecule has 2 aromatic heterocycles. The van der Waals surface area contributed by atoms with E-state index in [0.29, 0.717) is 35.5 Å². The Morgan fingerprint density at radius 2 is 1.68 bits per heavy atom. The van der Waals surface area contributed by atoms with Gasteiger partial charge in [0.15, 0.2) is 5.39 Å². The third-order valence-electron chi connectivity index (χ3n) is 5.33. The molecule has 0 saturated heterocycles.